The van der Waals surface area contributed by atoms with E-state index in [1.807, 2.05) is 0 Å². The Balaban J connectivity index is 0.000000429. The van der Waals surface area contributed by atoms with E-state index in [9.17, 15) is 0 Å². The molecule has 0 aromatic rings. The first-order valence-electron chi connectivity index (χ1n) is 11.2. The smallest absolute Gasteiger partial charge is 0 e. The van der Waals surface area contributed by atoms with Crippen LogP contribution in [0.5, 0.6) is 0 Å². The van der Waals surface area contributed by atoms with Gasteiger partial charge in [-0.05, 0) is 88.8 Å². The maximum atomic E-state index is 2.20. The summed E-state index contributed by atoms with van der Waals surface area (Å²) < 4.78 is 0. The predicted molar refractivity (Wildman–Crippen MR) is 134 cm³/mol. The van der Waals surface area contributed by atoms with Gasteiger partial charge in [-0.15, -0.1) is 0 Å². The van der Waals surface area contributed by atoms with Crippen molar-refractivity contribution in [3.05, 3.63) is 88.8 Å². The van der Waals surface area contributed by atoms with Gasteiger partial charge in [0.25, 0.3) is 0 Å². The van der Waals surface area contributed by atoms with Gasteiger partial charge in [-0.1, -0.05) is 104 Å². The molecule has 31 heavy (non-hydrogen) atoms. The van der Waals surface area contributed by atoms with Crippen LogP contribution in [0.2, 0.25) is 0 Å². The summed E-state index contributed by atoms with van der Waals surface area (Å²) in [4.78, 5) is 0. The zero-order valence-corrected chi connectivity index (χ0v) is 27.2. The van der Waals surface area contributed by atoms with Crippen molar-refractivity contribution in [2.75, 3.05) is 0 Å². The molecule has 169 valence electrons. The Hall–Kier alpha value is 1.05. The van der Waals surface area contributed by atoms with Crippen LogP contribution in [0.15, 0.2) is 0 Å². The third-order valence-corrected chi connectivity index (χ3v) is 8.44. The summed E-state index contributed by atoms with van der Waals surface area (Å²) in [5.41, 5.74) is 0. The van der Waals surface area contributed by atoms with Gasteiger partial charge in [-0.2, -0.15) is 0 Å². The fourth-order valence-corrected chi connectivity index (χ4v) is 4.22. The SMILES string of the molecule is C[C]1[C](C)[C](C)[C](C)[C]1C.C[C]1[C](C)[C](C)[C](C)[C]1C.C[C]1[C](C)[C](C)[C](C)[C]1C.[U]. The normalized spacial score (nSPS) is 27.6. The van der Waals surface area contributed by atoms with Crippen molar-refractivity contribution in [3.8, 4) is 0 Å². The Bertz CT molecular complexity index is 295. The molecule has 0 saturated heterocycles. The summed E-state index contributed by atoms with van der Waals surface area (Å²) in [6.07, 6.45) is 0. The molecule has 0 aromatic carbocycles. The molecule has 3 saturated carbocycles. The zero-order valence-electron chi connectivity index (χ0n) is 23.0. The van der Waals surface area contributed by atoms with Gasteiger partial charge < -0.3 is 0 Å². The molecule has 15 radical (unpaired) electrons. The molecule has 3 rings (SSSR count). The second kappa shape index (κ2) is 13.2. The summed E-state index contributed by atoms with van der Waals surface area (Å²) in [6, 6.07) is 0. The molecule has 0 amide bonds. The summed E-state index contributed by atoms with van der Waals surface area (Å²) in [7, 11) is 0. The molecule has 1 heteroatoms. The van der Waals surface area contributed by atoms with Crippen molar-refractivity contribution in [2.24, 2.45) is 0 Å². The van der Waals surface area contributed by atoms with Gasteiger partial charge in [0.2, 0.25) is 0 Å². The Morgan fingerprint density at radius 2 is 0.194 bits per heavy atom. The molecule has 0 aromatic heterocycles. The van der Waals surface area contributed by atoms with Crippen LogP contribution in [0.25, 0.3) is 0 Å². The monoisotopic (exact) mass is 643 g/mol. The molecule has 0 nitrogen and oxygen atoms in total. The van der Waals surface area contributed by atoms with Crippen LogP contribution < -0.4 is 0 Å². The van der Waals surface area contributed by atoms with Crippen LogP contribution in [-0.2, 0) is 0 Å². The first-order valence-corrected chi connectivity index (χ1v) is 11.2. The summed E-state index contributed by atoms with van der Waals surface area (Å²) >= 11 is 0. The molecule has 3 aliphatic rings. The molecule has 0 aliphatic heterocycles. The zero-order chi connectivity index (χ0) is 23.7. The van der Waals surface area contributed by atoms with Crippen molar-refractivity contribution < 1.29 is 31.1 Å². The Morgan fingerprint density at radius 3 is 0.226 bits per heavy atom. The van der Waals surface area contributed by atoms with Crippen molar-refractivity contribution in [1.29, 1.82) is 0 Å². The third kappa shape index (κ3) is 7.03. The van der Waals surface area contributed by atoms with E-state index in [0.29, 0.717) is 0 Å². The molecule has 3 aliphatic carbocycles. The minimum Gasteiger partial charge on any atom is -0.0579 e. The van der Waals surface area contributed by atoms with Crippen LogP contribution in [0.1, 0.15) is 104 Å². The van der Waals surface area contributed by atoms with Crippen LogP contribution >= 0.6 is 0 Å². The molecular formula is C30H45U. The second-order valence-corrected chi connectivity index (χ2v) is 9.38. The van der Waals surface area contributed by atoms with Gasteiger partial charge in [0, 0.05) is 31.1 Å². The van der Waals surface area contributed by atoms with Crippen LogP contribution in [0, 0.1) is 120 Å². The molecular weight excluding hydrogens is 598 g/mol. The third-order valence-electron chi connectivity index (χ3n) is 8.44. The standard InChI is InChI=1S/3C10H15.U/c3*1-6-7(2)9(4)10(5)8(6)3;/h3*1-5H3;. The van der Waals surface area contributed by atoms with Crippen molar-refractivity contribution >= 4 is 0 Å². The molecule has 0 atom stereocenters. The molecule has 0 N–H and O–H groups in total. The maximum Gasteiger partial charge on any atom is 0 e. The fourth-order valence-electron chi connectivity index (χ4n) is 4.22. The van der Waals surface area contributed by atoms with Crippen LogP contribution in [0.4, 0.5) is 0 Å². The van der Waals surface area contributed by atoms with Gasteiger partial charge in [0.05, 0.1) is 0 Å². The first-order chi connectivity index (χ1) is 13.7. The average molecular weight is 644 g/mol. The van der Waals surface area contributed by atoms with E-state index in [-0.39, 0.29) is 31.1 Å². The van der Waals surface area contributed by atoms with Crippen LogP contribution in [0.3, 0.4) is 0 Å². The van der Waals surface area contributed by atoms with Gasteiger partial charge in [-0.3, -0.25) is 0 Å². The Kier molecular flexibility index (Phi) is 13.7. The van der Waals surface area contributed by atoms with Gasteiger partial charge in [-0.25, -0.2) is 0 Å². The number of hydrogen-bond acceptors (Lipinski definition) is 0. The van der Waals surface area contributed by atoms with E-state index in [1.165, 1.54) is 88.8 Å². The number of hydrogen-bond donors (Lipinski definition) is 0. The van der Waals surface area contributed by atoms with E-state index in [4.69, 9.17) is 0 Å². The average Bonchev–Trinajstić information content (AvgIpc) is 3.09. The van der Waals surface area contributed by atoms with Gasteiger partial charge in [0.1, 0.15) is 0 Å². The quantitative estimate of drug-likeness (QED) is 0.247. The topological polar surface area (TPSA) is 0 Å². The minimum atomic E-state index is 0. The first kappa shape index (κ1) is 32.1. The largest absolute Gasteiger partial charge is 0.0579 e. The van der Waals surface area contributed by atoms with E-state index in [2.05, 4.69) is 104 Å². The van der Waals surface area contributed by atoms with E-state index >= 15 is 0 Å². The minimum absolute atomic E-state index is 0. The van der Waals surface area contributed by atoms with Crippen LogP contribution in [-0.4, -0.2) is 0 Å². The van der Waals surface area contributed by atoms with Gasteiger partial charge >= 0.3 is 0 Å². The molecule has 0 unspecified atom stereocenters. The fraction of sp³-hybridized carbons (Fsp3) is 0.500. The van der Waals surface area contributed by atoms with Crippen molar-refractivity contribution in [3.63, 3.8) is 0 Å². The van der Waals surface area contributed by atoms with Crippen molar-refractivity contribution in [1.82, 2.24) is 0 Å². The molecule has 3 fully saturated rings. The molecule has 0 bridgehead atoms. The Labute approximate surface area is 222 Å². The summed E-state index contributed by atoms with van der Waals surface area (Å²) in [6.45, 7) is 33.0. The molecule has 0 heterocycles. The van der Waals surface area contributed by atoms with E-state index in [0.717, 1.165) is 0 Å². The summed E-state index contributed by atoms with van der Waals surface area (Å²) in [5.74, 6) is 22.0. The van der Waals surface area contributed by atoms with E-state index in [1.54, 1.807) is 0 Å². The summed E-state index contributed by atoms with van der Waals surface area (Å²) in [5, 5.41) is 0. The van der Waals surface area contributed by atoms with Gasteiger partial charge in [0.15, 0.2) is 0 Å². The maximum absolute atomic E-state index is 2.20. The Morgan fingerprint density at radius 1 is 0.161 bits per heavy atom. The number of rotatable bonds is 0. The second-order valence-electron chi connectivity index (χ2n) is 9.38. The predicted octanol–water partition coefficient (Wildman–Crippen LogP) is 8.92. The molecule has 0 spiro atoms. The van der Waals surface area contributed by atoms with Crippen molar-refractivity contribution in [2.45, 2.75) is 104 Å². The van der Waals surface area contributed by atoms with E-state index < -0.39 is 0 Å².